The fourth-order valence-corrected chi connectivity index (χ4v) is 2.75. The van der Waals surface area contributed by atoms with Crippen LogP contribution in [0.3, 0.4) is 0 Å². The van der Waals surface area contributed by atoms with Crippen LogP contribution in [-0.2, 0) is 4.79 Å². The molecule has 2 aromatic rings. The minimum absolute atomic E-state index is 0.107. The third-order valence-electron chi connectivity index (χ3n) is 3.83. The number of amides is 2. The van der Waals surface area contributed by atoms with Crippen molar-refractivity contribution in [2.75, 3.05) is 13.1 Å². The molecule has 0 bridgehead atoms. The zero-order valence-electron chi connectivity index (χ0n) is 12.4. The van der Waals surface area contributed by atoms with E-state index in [2.05, 4.69) is 15.5 Å². The predicted octanol–water partition coefficient (Wildman–Crippen LogP) is 0.100. The lowest BCUT2D eigenvalue weighted by atomic mass is 10.1. The van der Waals surface area contributed by atoms with Crippen LogP contribution in [0, 0.1) is 0 Å². The van der Waals surface area contributed by atoms with E-state index in [0.29, 0.717) is 24.4 Å². The first-order chi connectivity index (χ1) is 11.2. The number of carbonyl (C=O) groups is 2. The van der Waals surface area contributed by atoms with Gasteiger partial charge in [0, 0.05) is 18.2 Å². The van der Waals surface area contributed by atoms with Gasteiger partial charge < -0.3 is 20.4 Å². The van der Waals surface area contributed by atoms with E-state index in [9.17, 15) is 9.59 Å². The lowest BCUT2D eigenvalue weighted by molar-refractivity contribution is -0.131. The number of likely N-dealkylation sites (tertiary alicyclic amines) is 1. The van der Waals surface area contributed by atoms with Crippen LogP contribution in [0.5, 0.6) is 0 Å². The molecule has 0 saturated carbocycles. The van der Waals surface area contributed by atoms with Crippen molar-refractivity contribution in [1.29, 1.82) is 0 Å². The van der Waals surface area contributed by atoms with E-state index in [0.717, 1.165) is 0 Å². The maximum atomic E-state index is 12.2. The Balaban J connectivity index is 1.72. The topological polar surface area (TPSA) is 114 Å². The van der Waals surface area contributed by atoms with Crippen molar-refractivity contribution in [2.24, 2.45) is 5.73 Å². The quantitative estimate of drug-likeness (QED) is 0.827. The standard InChI is InChI=1S/C15H17N5O3/c16-7-13(21)20-8-11(6-12(20)15-19-17-9-23-15)18-14(22)10-4-2-1-3-5-10/h1-5,9,11-12H,6-8,16H2,(H,18,22)/t11-,12+/m1/s1. The molecule has 23 heavy (non-hydrogen) atoms. The smallest absolute Gasteiger partial charge is 0.251 e. The van der Waals surface area contributed by atoms with Gasteiger partial charge in [-0.05, 0) is 18.6 Å². The first kappa shape index (κ1) is 15.2. The lowest BCUT2D eigenvalue weighted by Gasteiger charge is -2.20. The van der Waals surface area contributed by atoms with E-state index in [-0.39, 0.29) is 30.4 Å². The molecule has 1 aliphatic rings. The van der Waals surface area contributed by atoms with Crippen LogP contribution in [0.1, 0.15) is 28.7 Å². The Hall–Kier alpha value is -2.74. The molecule has 3 rings (SSSR count). The summed E-state index contributed by atoms with van der Waals surface area (Å²) in [6.07, 6.45) is 1.73. The minimum atomic E-state index is -0.366. The largest absolute Gasteiger partial charge is 0.426 e. The van der Waals surface area contributed by atoms with Crippen molar-refractivity contribution in [2.45, 2.75) is 18.5 Å². The van der Waals surface area contributed by atoms with Crippen LogP contribution in [0.4, 0.5) is 0 Å². The molecule has 2 heterocycles. The molecule has 2 amide bonds. The summed E-state index contributed by atoms with van der Waals surface area (Å²) in [5.41, 5.74) is 6.03. The van der Waals surface area contributed by atoms with Gasteiger partial charge in [0.2, 0.25) is 18.2 Å². The fourth-order valence-electron chi connectivity index (χ4n) is 2.75. The number of nitrogens with zero attached hydrogens (tertiary/aromatic N) is 3. The normalized spacial score (nSPS) is 20.5. The van der Waals surface area contributed by atoms with Gasteiger partial charge in [-0.15, -0.1) is 10.2 Å². The maximum absolute atomic E-state index is 12.2. The highest BCUT2D eigenvalue weighted by atomic mass is 16.4. The highest BCUT2D eigenvalue weighted by Gasteiger charge is 2.39. The van der Waals surface area contributed by atoms with E-state index in [1.165, 1.54) is 6.39 Å². The van der Waals surface area contributed by atoms with Crippen molar-refractivity contribution in [3.63, 3.8) is 0 Å². The van der Waals surface area contributed by atoms with Crippen molar-refractivity contribution in [3.8, 4) is 0 Å². The second-order valence-electron chi connectivity index (χ2n) is 5.32. The molecule has 8 heteroatoms. The van der Waals surface area contributed by atoms with Crippen LogP contribution >= 0.6 is 0 Å². The van der Waals surface area contributed by atoms with E-state index in [4.69, 9.17) is 10.2 Å². The molecular weight excluding hydrogens is 298 g/mol. The molecular formula is C15H17N5O3. The Morgan fingerprint density at radius 3 is 2.78 bits per heavy atom. The molecule has 0 radical (unpaired) electrons. The van der Waals surface area contributed by atoms with E-state index in [1.807, 2.05) is 6.07 Å². The summed E-state index contributed by atoms with van der Waals surface area (Å²) in [7, 11) is 0. The number of benzene rings is 1. The van der Waals surface area contributed by atoms with Gasteiger partial charge in [0.25, 0.3) is 5.91 Å². The maximum Gasteiger partial charge on any atom is 0.251 e. The number of rotatable bonds is 4. The number of nitrogens with one attached hydrogen (secondary N) is 1. The zero-order chi connectivity index (χ0) is 16.2. The third kappa shape index (κ3) is 3.21. The summed E-state index contributed by atoms with van der Waals surface area (Å²) in [5, 5.41) is 10.5. The minimum Gasteiger partial charge on any atom is -0.426 e. The fraction of sp³-hybridized carbons (Fsp3) is 0.333. The molecule has 1 fully saturated rings. The molecule has 8 nitrogen and oxygen atoms in total. The Kier molecular flexibility index (Phi) is 4.33. The molecule has 1 aliphatic heterocycles. The van der Waals surface area contributed by atoms with E-state index >= 15 is 0 Å². The van der Waals surface area contributed by atoms with Crippen LogP contribution in [-0.4, -0.2) is 46.0 Å². The average molecular weight is 315 g/mol. The van der Waals surface area contributed by atoms with Gasteiger partial charge in [0.05, 0.1) is 6.54 Å². The summed E-state index contributed by atoms with van der Waals surface area (Å²) < 4.78 is 5.21. The van der Waals surface area contributed by atoms with Gasteiger partial charge in [-0.25, -0.2) is 0 Å². The van der Waals surface area contributed by atoms with Gasteiger partial charge in [0.1, 0.15) is 6.04 Å². The molecule has 1 aromatic carbocycles. The van der Waals surface area contributed by atoms with Crippen molar-refractivity contribution < 1.29 is 14.0 Å². The second-order valence-corrected chi connectivity index (χ2v) is 5.32. The van der Waals surface area contributed by atoms with Gasteiger partial charge in [-0.1, -0.05) is 18.2 Å². The summed E-state index contributed by atoms with van der Waals surface area (Å²) in [5.74, 6) is -0.0464. The van der Waals surface area contributed by atoms with Crippen LogP contribution in [0.2, 0.25) is 0 Å². The Bertz CT molecular complexity index is 674. The second kappa shape index (κ2) is 6.57. The zero-order valence-corrected chi connectivity index (χ0v) is 12.4. The van der Waals surface area contributed by atoms with Gasteiger partial charge in [-0.2, -0.15) is 0 Å². The summed E-state index contributed by atoms with van der Waals surface area (Å²) in [6.45, 7) is 0.256. The predicted molar refractivity (Wildman–Crippen MR) is 80.1 cm³/mol. The van der Waals surface area contributed by atoms with Crippen LogP contribution in [0.25, 0.3) is 0 Å². The van der Waals surface area contributed by atoms with Crippen LogP contribution < -0.4 is 11.1 Å². The number of aromatic nitrogens is 2. The first-order valence-electron chi connectivity index (χ1n) is 7.30. The molecule has 2 atom stereocenters. The van der Waals surface area contributed by atoms with Gasteiger partial charge in [0.15, 0.2) is 0 Å². The third-order valence-corrected chi connectivity index (χ3v) is 3.83. The molecule has 0 aliphatic carbocycles. The molecule has 120 valence electrons. The summed E-state index contributed by atoms with van der Waals surface area (Å²) in [4.78, 5) is 25.8. The van der Waals surface area contributed by atoms with Crippen LogP contribution in [0.15, 0.2) is 41.1 Å². The van der Waals surface area contributed by atoms with Crippen molar-refractivity contribution in [3.05, 3.63) is 48.2 Å². The van der Waals surface area contributed by atoms with E-state index in [1.54, 1.807) is 29.2 Å². The highest BCUT2D eigenvalue weighted by Crippen LogP contribution is 2.30. The lowest BCUT2D eigenvalue weighted by Crippen LogP contribution is -2.40. The summed E-state index contributed by atoms with van der Waals surface area (Å²) >= 11 is 0. The number of carbonyl (C=O) groups excluding carboxylic acids is 2. The molecule has 1 aromatic heterocycles. The molecule has 3 N–H and O–H groups in total. The molecule has 0 spiro atoms. The first-order valence-corrected chi connectivity index (χ1v) is 7.30. The van der Waals surface area contributed by atoms with Gasteiger partial charge in [-0.3, -0.25) is 9.59 Å². The Morgan fingerprint density at radius 2 is 2.13 bits per heavy atom. The highest BCUT2D eigenvalue weighted by molar-refractivity contribution is 5.94. The monoisotopic (exact) mass is 315 g/mol. The number of nitrogens with two attached hydrogens (primary N) is 1. The SMILES string of the molecule is NCC(=O)N1C[C@H](NC(=O)c2ccccc2)C[C@H]1c1nnco1. The van der Waals surface area contributed by atoms with Crippen molar-refractivity contribution in [1.82, 2.24) is 20.4 Å². The molecule has 1 saturated heterocycles. The Labute approximate surface area is 132 Å². The average Bonchev–Trinajstić information content (AvgIpc) is 3.24. The van der Waals surface area contributed by atoms with Crippen molar-refractivity contribution >= 4 is 11.8 Å². The van der Waals surface area contributed by atoms with E-state index < -0.39 is 0 Å². The Morgan fingerprint density at radius 1 is 1.35 bits per heavy atom. The molecule has 0 unspecified atom stereocenters. The summed E-state index contributed by atoms with van der Waals surface area (Å²) in [6, 6.07) is 8.36. The number of hydrogen-bond donors (Lipinski definition) is 2. The number of hydrogen-bond acceptors (Lipinski definition) is 6. The van der Waals surface area contributed by atoms with Gasteiger partial charge >= 0.3 is 0 Å².